The highest BCUT2D eigenvalue weighted by atomic mass is 19.1. The average Bonchev–Trinajstić information content (AvgIpc) is 3.25. The molecule has 9 heteroatoms. The van der Waals surface area contributed by atoms with Crippen molar-refractivity contribution in [3.63, 3.8) is 0 Å². The Morgan fingerprint density at radius 3 is 2.91 bits per heavy atom. The van der Waals surface area contributed by atoms with E-state index in [4.69, 9.17) is 10.8 Å². The van der Waals surface area contributed by atoms with Crippen LogP contribution < -0.4 is 11.1 Å². The minimum absolute atomic E-state index is 0.217. The van der Waals surface area contributed by atoms with Crippen molar-refractivity contribution in [1.29, 1.82) is 5.26 Å². The molecule has 0 aliphatic carbocycles. The van der Waals surface area contributed by atoms with Crippen LogP contribution in [-0.4, -0.2) is 31.3 Å². The van der Waals surface area contributed by atoms with Gasteiger partial charge in [0.05, 0.1) is 17.0 Å². The van der Waals surface area contributed by atoms with Crippen molar-refractivity contribution in [3.8, 4) is 17.3 Å². The SMILES string of the molecule is CC(C1=CC(c2ccccc2F)=CNC1)n1nc(-c2cncc(C#N)c2)c2c(N)ncnc21. The van der Waals surface area contributed by atoms with E-state index in [1.807, 2.05) is 13.0 Å². The van der Waals surface area contributed by atoms with Crippen molar-refractivity contribution in [2.75, 3.05) is 12.3 Å². The summed E-state index contributed by atoms with van der Waals surface area (Å²) in [6, 6.07) is 10.2. The van der Waals surface area contributed by atoms with Gasteiger partial charge < -0.3 is 11.1 Å². The third kappa shape index (κ3) is 3.57. The number of anilines is 1. The van der Waals surface area contributed by atoms with Crippen LogP contribution in [0.4, 0.5) is 10.2 Å². The second-order valence-electron chi connectivity index (χ2n) is 7.68. The summed E-state index contributed by atoms with van der Waals surface area (Å²) in [5.41, 5.74) is 10.6. The minimum atomic E-state index is -0.284. The van der Waals surface area contributed by atoms with Crippen LogP contribution in [0.5, 0.6) is 0 Å². The number of aromatic nitrogens is 5. The molecule has 33 heavy (non-hydrogen) atoms. The molecule has 162 valence electrons. The van der Waals surface area contributed by atoms with Crippen molar-refractivity contribution < 1.29 is 4.39 Å². The lowest BCUT2D eigenvalue weighted by Gasteiger charge is -2.22. The average molecular weight is 438 g/mol. The van der Waals surface area contributed by atoms with E-state index in [1.54, 1.807) is 41.3 Å². The van der Waals surface area contributed by atoms with E-state index in [0.717, 1.165) is 11.1 Å². The summed E-state index contributed by atoms with van der Waals surface area (Å²) in [5.74, 6) is 0.00594. The summed E-state index contributed by atoms with van der Waals surface area (Å²) >= 11 is 0. The number of nitriles is 1. The molecule has 5 rings (SSSR count). The number of hydrogen-bond donors (Lipinski definition) is 2. The lowest BCUT2D eigenvalue weighted by molar-refractivity contribution is 0.555. The van der Waals surface area contributed by atoms with Crippen molar-refractivity contribution >= 4 is 22.4 Å². The Bertz CT molecular complexity index is 1480. The molecule has 4 aromatic rings. The molecule has 0 radical (unpaired) electrons. The summed E-state index contributed by atoms with van der Waals surface area (Å²) < 4.78 is 16.1. The van der Waals surface area contributed by atoms with Crippen molar-refractivity contribution in [2.45, 2.75) is 13.0 Å². The summed E-state index contributed by atoms with van der Waals surface area (Å²) in [5, 5.41) is 17.9. The standard InChI is InChI=1S/C24H19FN8/c1-14(16-7-17(11-29-10-16)19-4-2-3-5-20(19)25)33-24-21(23(27)30-13-31-24)22(32-33)18-6-15(8-26)9-28-12-18/h2-7,9,11-14,29H,10H2,1H3,(H2,27,30,31). The fraction of sp³-hybridized carbons (Fsp3) is 0.125. The highest BCUT2D eigenvalue weighted by molar-refractivity contribution is 5.98. The maximum Gasteiger partial charge on any atom is 0.164 e. The number of rotatable bonds is 4. The third-order valence-corrected chi connectivity index (χ3v) is 5.65. The summed E-state index contributed by atoms with van der Waals surface area (Å²) in [6.45, 7) is 2.57. The number of nitrogen functional groups attached to an aromatic ring is 1. The quantitative estimate of drug-likeness (QED) is 0.500. The molecular weight excluding hydrogens is 419 g/mol. The number of allylic oxidation sites excluding steroid dienone is 2. The van der Waals surface area contributed by atoms with E-state index in [-0.39, 0.29) is 11.9 Å². The van der Waals surface area contributed by atoms with Gasteiger partial charge in [-0.2, -0.15) is 10.4 Å². The van der Waals surface area contributed by atoms with Gasteiger partial charge in [-0.3, -0.25) is 4.98 Å². The predicted octanol–water partition coefficient (Wildman–Crippen LogP) is 3.61. The Kier molecular flexibility index (Phi) is 5.03. The molecule has 1 aromatic carbocycles. The highest BCUT2D eigenvalue weighted by Crippen LogP contribution is 2.34. The Labute approximate surface area is 188 Å². The first kappa shape index (κ1) is 20.3. The van der Waals surface area contributed by atoms with E-state index >= 15 is 0 Å². The number of nitrogens with one attached hydrogen (secondary N) is 1. The zero-order valence-electron chi connectivity index (χ0n) is 17.7. The van der Waals surface area contributed by atoms with Gasteiger partial charge in [0.2, 0.25) is 0 Å². The fourth-order valence-electron chi connectivity index (χ4n) is 3.95. The van der Waals surface area contributed by atoms with Gasteiger partial charge in [0, 0.05) is 41.8 Å². The van der Waals surface area contributed by atoms with Gasteiger partial charge in [0.15, 0.2) is 5.65 Å². The molecule has 0 spiro atoms. The van der Waals surface area contributed by atoms with Crippen LogP contribution in [0, 0.1) is 17.1 Å². The number of halogens is 1. The molecule has 0 saturated carbocycles. The molecule has 0 saturated heterocycles. The Morgan fingerprint density at radius 2 is 2.09 bits per heavy atom. The maximum absolute atomic E-state index is 14.4. The number of pyridine rings is 1. The van der Waals surface area contributed by atoms with Gasteiger partial charge >= 0.3 is 0 Å². The first-order valence-corrected chi connectivity index (χ1v) is 10.3. The van der Waals surface area contributed by atoms with Crippen LogP contribution >= 0.6 is 0 Å². The van der Waals surface area contributed by atoms with E-state index in [2.05, 4.69) is 26.3 Å². The summed E-state index contributed by atoms with van der Waals surface area (Å²) in [4.78, 5) is 12.7. The van der Waals surface area contributed by atoms with Gasteiger partial charge in [0.1, 0.15) is 29.7 Å². The van der Waals surface area contributed by atoms with Gasteiger partial charge in [-0.15, -0.1) is 0 Å². The number of nitrogens with zero attached hydrogens (tertiary/aromatic N) is 6. The number of fused-ring (bicyclic) bond motifs is 1. The Hall–Kier alpha value is -4.58. The predicted molar refractivity (Wildman–Crippen MR) is 123 cm³/mol. The topological polar surface area (TPSA) is 118 Å². The van der Waals surface area contributed by atoms with Crippen LogP contribution in [0.15, 0.2) is 66.9 Å². The Morgan fingerprint density at radius 1 is 1.24 bits per heavy atom. The van der Waals surface area contributed by atoms with Crippen molar-refractivity contribution in [3.05, 3.63) is 83.8 Å². The largest absolute Gasteiger partial charge is 0.387 e. The van der Waals surface area contributed by atoms with E-state index < -0.39 is 0 Å². The molecule has 1 aliphatic rings. The fourth-order valence-corrected chi connectivity index (χ4v) is 3.95. The first-order valence-electron chi connectivity index (χ1n) is 10.3. The molecule has 3 N–H and O–H groups in total. The molecule has 3 aromatic heterocycles. The molecule has 1 unspecified atom stereocenters. The molecule has 8 nitrogen and oxygen atoms in total. The first-order chi connectivity index (χ1) is 16.1. The second-order valence-corrected chi connectivity index (χ2v) is 7.68. The third-order valence-electron chi connectivity index (χ3n) is 5.65. The zero-order chi connectivity index (χ0) is 22.9. The lowest BCUT2D eigenvalue weighted by atomic mass is 9.98. The lowest BCUT2D eigenvalue weighted by Crippen LogP contribution is -2.22. The molecule has 0 fully saturated rings. The van der Waals surface area contributed by atoms with Gasteiger partial charge in [-0.1, -0.05) is 18.2 Å². The highest BCUT2D eigenvalue weighted by Gasteiger charge is 2.23. The Balaban J connectivity index is 1.62. The molecule has 1 atom stereocenters. The van der Waals surface area contributed by atoms with E-state index in [1.165, 1.54) is 18.6 Å². The maximum atomic E-state index is 14.4. The normalized spacial score (nSPS) is 14.2. The molecule has 0 amide bonds. The van der Waals surface area contributed by atoms with Crippen LogP contribution in [0.1, 0.15) is 24.1 Å². The summed E-state index contributed by atoms with van der Waals surface area (Å²) in [6.07, 6.45) is 8.29. The monoisotopic (exact) mass is 438 g/mol. The van der Waals surface area contributed by atoms with Gasteiger partial charge in [-0.25, -0.2) is 19.0 Å². The summed E-state index contributed by atoms with van der Waals surface area (Å²) in [7, 11) is 0. The van der Waals surface area contributed by atoms with Crippen molar-refractivity contribution in [2.24, 2.45) is 0 Å². The zero-order valence-corrected chi connectivity index (χ0v) is 17.7. The molecule has 1 aliphatic heterocycles. The van der Waals surface area contributed by atoms with Crippen LogP contribution in [0.25, 0.3) is 27.9 Å². The second kappa shape index (κ2) is 8.16. The smallest absolute Gasteiger partial charge is 0.164 e. The van der Waals surface area contributed by atoms with Gasteiger partial charge in [-0.05, 0) is 30.7 Å². The van der Waals surface area contributed by atoms with E-state index in [0.29, 0.717) is 45.8 Å². The van der Waals surface area contributed by atoms with Crippen molar-refractivity contribution in [1.82, 2.24) is 30.0 Å². The van der Waals surface area contributed by atoms with E-state index in [9.17, 15) is 9.65 Å². The molecular formula is C24H19FN8. The van der Waals surface area contributed by atoms with Crippen LogP contribution in [-0.2, 0) is 0 Å². The number of nitrogens with two attached hydrogens (primary N) is 1. The number of dihydropyridines is 1. The van der Waals surface area contributed by atoms with Crippen LogP contribution in [0.3, 0.4) is 0 Å². The number of hydrogen-bond acceptors (Lipinski definition) is 7. The minimum Gasteiger partial charge on any atom is -0.387 e. The van der Waals surface area contributed by atoms with Crippen LogP contribution in [0.2, 0.25) is 0 Å². The molecule has 0 bridgehead atoms. The molecule has 4 heterocycles. The number of benzene rings is 1. The van der Waals surface area contributed by atoms with Gasteiger partial charge in [0.25, 0.3) is 0 Å².